The van der Waals surface area contributed by atoms with Gasteiger partial charge in [-0.1, -0.05) is 0 Å². The van der Waals surface area contributed by atoms with Crippen LogP contribution in [0.5, 0.6) is 0 Å². The number of aromatic amines is 1. The van der Waals surface area contributed by atoms with Crippen LogP contribution < -0.4 is 0 Å². The van der Waals surface area contributed by atoms with E-state index in [1.807, 2.05) is 30.9 Å². The van der Waals surface area contributed by atoms with Crippen LogP contribution in [-0.4, -0.2) is 50.6 Å². The number of hydrogen-bond donors (Lipinski definition) is 2. The minimum absolute atomic E-state index is 0.151. The van der Waals surface area contributed by atoms with Gasteiger partial charge in [0.25, 0.3) is 0 Å². The maximum Gasteiger partial charge on any atom is 0.490 e. The number of nitrogens with one attached hydrogen (secondary N) is 1. The number of nitrogens with zero attached hydrogens (tertiary/aromatic N) is 2. The second-order valence-corrected chi connectivity index (χ2v) is 6.00. The molecular formula is C16H18F3N3O4. The smallest absolute Gasteiger partial charge is 0.475 e. The summed E-state index contributed by atoms with van der Waals surface area (Å²) in [5.41, 5.74) is 0.857. The topological polar surface area (TPSA) is 99.4 Å². The van der Waals surface area contributed by atoms with Crippen molar-refractivity contribution in [2.24, 2.45) is 0 Å². The number of halogens is 3. The summed E-state index contributed by atoms with van der Waals surface area (Å²) < 4.78 is 37.1. The van der Waals surface area contributed by atoms with E-state index in [1.165, 1.54) is 0 Å². The zero-order valence-corrected chi connectivity index (χ0v) is 14.1. The SMILES string of the molecule is CC(C)N1CC(c2ncc(-c3ccco3)[nH]2)CC1=O.O=C(O)C(F)(F)F. The van der Waals surface area contributed by atoms with Crippen LogP contribution in [0.3, 0.4) is 0 Å². The monoisotopic (exact) mass is 373 g/mol. The number of amides is 1. The lowest BCUT2D eigenvalue weighted by Crippen LogP contribution is -2.31. The van der Waals surface area contributed by atoms with Gasteiger partial charge in [-0.05, 0) is 26.0 Å². The molecule has 3 heterocycles. The molecule has 0 aromatic carbocycles. The van der Waals surface area contributed by atoms with Crippen LogP contribution in [0.15, 0.2) is 29.0 Å². The van der Waals surface area contributed by atoms with Crippen molar-refractivity contribution >= 4 is 11.9 Å². The van der Waals surface area contributed by atoms with Crippen LogP contribution in [0.1, 0.15) is 32.0 Å². The summed E-state index contributed by atoms with van der Waals surface area (Å²) >= 11 is 0. The first-order valence-corrected chi connectivity index (χ1v) is 7.78. The molecule has 1 atom stereocenters. The zero-order chi connectivity index (χ0) is 19.5. The number of hydrogen-bond acceptors (Lipinski definition) is 4. The van der Waals surface area contributed by atoms with Gasteiger partial charge in [0.1, 0.15) is 11.5 Å². The first kappa shape index (κ1) is 19.5. The van der Waals surface area contributed by atoms with Gasteiger partial charge in [0.2, 0.25) is 5.91 Å². The summed E-state index contributed by atoms with van der Waals surface area (Å²) in [5, 5.41) is 7.12. The van der Waals surface area contributed by atoms with Gasteiger partial charge in [0, 0.05) is 24.9 Å². The van der Waals surface area contributed by atoms with Gasteiger partial charge < -0.3 is 19.4 Å². The van der Waals surface area contributed by atoms with Crippen molar-refractivity contribution in [2.75, 3.05) is 6.54 Å². The lowest BCUT2D eigenvalue weighted by molar-refractivity contribution is -0.192. The molecule has 1 aliphatic heterocycles. The average Bonchev–Trinajstić information content (AvgIpc) is 3.26. The fraction of sp³-hybridized carbons (Fsp3) is 0.438. The lowest BCUT2D eigenvalue weighted by Gasteiger charge is -2.20. The molecule has 1 unspecified atom stereocenters. The van der Waals surface area contributed by atoms with Crippen molar-refractivity contribution in [1.82, 2.24) is 14.9 Å². The Morgan fingerprint density at radius 3 is 2.58 bits per heavy atom. The largest absolute Gasteiger partial charge is 0.490 e. The van der Waals surface area contributed by atoms with Crippen LogP contribution >= 0.6 is 0 Å². The number of aromatic nitrogens is 2. The number of imidazole rings is 1. The van der Waals surface area contributed by atoms with E-state index in [4.69, 9.17) is 14.3 Å². The molecule has 0 aliphatic carbocycles. The maximum atomic E-state index is 11.9. The second kappa shape index (κ2) is 7.63. The Bertz CT molecular complexity index is 753. The Kier molecular flexibility index (Phi) is 5.73. The number of carboxylic acids is 1. The highest BCUT2D eigenvalue weighted by Gasteiger charge is 2.38. The van der Waals surface area contributed by atoms with Gasteiger partial charge in [-0.2, -0.15) is 13.2 Å². The molecule has 142 valence electrons. The van der Waals surface area contributed by atoms with Crippen LogP contribution in [0.25, 0.3) is 11.5 Å². The van der Waals surface area contributed by atoms with E-state index < -0.39 is 12.1 Å². The van der Waals surface area contributed by atoms with Gasteiger partial charge >= 0.3 is 12.1 Å². The van der Waals surface area contributed by atoms with E-state index in [2.05, 4.69) is 9.97 Å². The molecule has 2 aromatic rings. The van der Waals surface area contributed by atoms with E-state index in [9.17, 15) is 18.0 Å². The highest BCUT2D eigenvalue weighted by atomic mass is 19.4. The summed E-state index contributed by atoms with van der Waals surface area (Å²) in [7, 11) is 0. The third-order valence-electron chi connectivity index (χ3n) is 3.79. The average molecular weight is 373 g/mol. The van der Waals surface area contributed by atoms with Gasteiger partial charge in [-0.25, -0.2) is 9.78 Å². The normalized spacial score (nSPS) is 17.4. The molecule has 1 saturated heterocycles. The number of furan rings is 1. The molecule has 3 rings (SSSR count). The number of likely N-dealkylation sites (tertiary alicyclic amines) is 1. The highest BCUT2D eigenvalue weighted by Crippen LogP contribution is 2.29. The van der Waals surface area contributed by atoms with E-state index in [0.717, 1.165) is 23.8 Å². The molecule has 10 heteroatoms. The number of carbonyl (C=O) groups is 2. The molecule has 7 nitrogen and oxygen atoms in total. The molecule has 1 aliphatic rings. The van der Waals surface area contributed by atoms with Crippen molar-refractivity contribution in [1.29, 1.82) is 0 Å². The van der Waals surface area contributed by atoms with Crippen LogP contribution in [0.2, 0.25) is 0 Å². The van der Waals surface area contributed by atoms with Crippen molar-refractivity contribution in [3.05, 3.63) is 30.4 Å². The van der Waals surface area contributed by atoms with Gasteiger partial charge in [-0.3, -0.25) is 4.79 Å². The molecule has 0 saturated carbocycles. The molecule has 2 N–H and O–H groups in total. The Labute approximate surface area is 146 Å². The third-order valence-corrected chi connectivity index (χ3v) is 3.79. The van der Waals surface area contributed by atoms with E-state index >= 15 is 0 Å². The minimum atomic E-state index is -5.08. The second-order valence-electron chi connectivity index (χ2n) is 6.00. The Morgan fingerprint density at radius 2 is 2.12 bits per heavy atom. The molecule has 1 fully saturated rings. The van der Waals surface area contributed by atoms with Crippen LogP contribution in [0, 0.1) is 0 Å². The summed E-state index contributed by atoms with van der Waals surface area (Å²) in [6.07, 6.45) is -1.16. The molecule has 2 aromatic heterocycles. The Hall–Kier alpha value is -2.78. The van der Waals surface area contributed by atoms with Gasteiger partial charge in [-0.15, -0.1) is 0 Å². The fourth-order valence-corrected chi connectivity index (χ4v) is 2.51. The number of aliphatic carboxylic acids is 1. The first-order valence-electron chi connectivity index (χ1n) is 7.78. The van der Waals surface area contributed by atoms with E-state index in [0.29, 0.717) is 6.42 Å². The van der Waals surface area contributed by atoms with Crippen molar-refractivity contribution in [2.45, 2.75) is 38.4 Å². The minimum Gasteiger partial charge on any atom is -0.475 e. The highest BCUT2D eigenvalue weighted by molar-refractivity contribution is 5.79. The third kappa shape index (κ3) is 4.64. The van der Waals surface area contributed by atoms with Crippen molar-refractivity contribution in [3.8, 4) is 11.5 Å². The standard InChI is InChI=1S/C14H17N3O2.C2HF3O2/c1-9(2)17-8-10(6-13(17)18)14-15-7-11(16-14)12-4-3-5-19-12;3-2(4,5)1(6)7/h3-5,7,9-10H,6,8H2,1-2H3,(H,15,16);(H,6,7). The zero-order valence-electron chi connectivity index (χ0n) is 14.1. The molecule has 0 bridgehead atoms. The molecule has 0 radical (unpaired) electrons. The molecule has 0 spiro atoms. The Balaban J connectivity index is 0.000000298. The number of carboxylic acid groups (broad SMARTS) is 1. The Morgan fingerprint density at radius 1 is 1.46 bits per heavy atom. The number of carbonyl (C=O) groups excluding carboxylic acids is 1. The molecule has 26 heavy (non-hydrogen) atoms. The quantitative estimate of drug-likeness (QED) is 0.862. The predicted molar refractivity (Wildman–Crippen MR) is 84.2 cm³/mol. The summed E-state index contributed by atoms with van der Waals surface area (Å²) in [6.45, 7) is 4.81. The number of alkyl halides is 3. The predicted octanol–water partition coefficient (Wildman–Crippen LogP) is 3.03. The van der Waals surface area contributed by atoms with Crippen molar-refractivity contribution < 1.29 is 32.3 Å². The lowest BCUT2D eigenvalue weighted by atomic mass is 10.1. The summed E-state index contributed by atoms with van der Waals surface area (Å²) in [5.74, 6) is -0.770. The van der Waals surface area contributed by atoms with Crippen LogP contribution in [0.4, 0.5) is 13.2 Å². The fourth-order valence-electron chi connectivity index (χ4n) is 2.51. The maximum absolute atomic E-state index is 11.9. The molecular weight excluding hydrogens is 355 g/mol. The van der Waals surface area contributed by atoms with E-state index in [-0.39, 0.29) is 17.9 Å². The number of rotatable bonds is 3. The van der Waals surface area contributed by atoms with Gasteiger partial charge in [0.05, 0.1) is 12.5 Å². The van der Waals surface area contributed by atoms with Gasteiger partial charge in [0.15, 0.2) is 5.76 Å². The summed E-state index contributed by atoms with van der Waals surface area (Å²) in [6, 6.07) is 3.98. The molecule has 1 amide bonds. The first-order chi connectivity index (χ1) is 12.1. The van der Waals surface area contributed by atoms with Crippen molar-refractivity contribution in [3.63, 3.8) is 0 Å². The van der Waals surface area contributed by atoms with Crippen LogP contribution in [-0.2, 0) is 9.59 Å². The summed E-state index contributed by atoms with van der Waals surface area (Å²) in [4.78, 5) is 30.3. The number of H-pyrrole nitrogens is 1. The van der Waals surface area contributed by atoms with E-state index in [1.54, 1.807) is 12.5 Å².